The van der Waals surface area contributed by atoms with Crippen LogP contribution in [0.2, 0.25) is 0 Å². The highest BCUT2D eigenvalue weighted by molar-refractivity contribution is 7.71. The lowest BCUT2D eigenvalue weighted by Crippen LogP contribution is -2.15. The standard InChI is InChI=1S/C19H17N5O3S/c1-11-2-4-12(5-3-11)17-22-23-18(28)24(17)9-8-16(25)20-13-6-7-15-14(10-13)21-19(26)27-15/h2-7,10H,8-9H2,1H3,(H,20,25)(H,21,26)(H,23,28). The quantitative estimate of drug-likeness (QED) is 0.449. The molecule has 0 saturated heterocycles. The fourth-order valence-corrected chi connectivity index (χ4v) is 3.14. The summed E-state index contributed by atoms with van der Waals surface area (Å²) in [5, 5.41) is 9.88. The minimum Gasteiger partial charge on any atom is -0.408 e. The van der Waals surface area contributed by atoms with Crippen LogP contribution in [0.5, 0.6) is 0 Å². The maximum atomic E-state index is 12.4. The number of hydrogen-bond donors (Lipinski definition) is 3. The molecule has 2 aromatic heterocycles. The first-order valence-electron chi connectivity index (χ1n) is 8.64. The van der Waals surface area contributed by atoms with Crippen molar-refractivity contribution in [3.63, 3.8) is 0 Å². The smallest absolute Gasteiger partial charge is 0.408 e. The summed E-state index contributed by atoms with van der Waals surface area (Å²) in [6.45, 7) is 2.40. The predicted octanol–water partition coefficient (Wildman–Crippen LogP) is 3.38. The number of hydrogen-bond acceptors (Lipinski definition) is 5. The lowest BCUT2D eigenvalue weighted by Gasteiger charge is -2.08. The molecule has 2 heterocycles. The SMILES string of the molecule is Cc1ccc(-c2n[nH]c(=S)n2CCC(=O)Nc2ccc3oc(=O)[nH]c3c2)cc1. The number of anilines is 1. The normalized spacial score (nSPS) is 11.0. The molecule has 2 aromatic carbocycles. The van der Waals surface area contributed by atoms with Gasteiger partial charge in [-0.1, -0.05) is 29.8 Å². The zero-order valence-electron chi connectivity index (χ0n) is 15.0. The van der Waals surface area contributed by atoms with Gasteiger partial charge < -0.3 is 9.73 Å². The third kappa shape index (κ3) is 3.65. The average Bonchev–Trinajstić information content (AvgIpc) is 3.22. The summed E-state index contributed by atoms with van der Waals surface area (Å²) >= 11 is 5.30. The van der Waals surface area contributed by atoms with Crippen molar-refractivity contribution in [3.05, 3.63) is 63.3 Å². The van der Waals surface area contributed by atoms with E-state index in [0.29, 0.717) is 33.9 Å². The topological polar surface area (TPSA) is 109 Å². The number of carbonyl (C=O) groups is 1. The second-order valence-electron chi connectivity index (χ2n) is 6.39. The summed E-state index contributed by atoms with van der Waals surface area (Å²) in [4.78, 5) is 26.2. The molecular formula is C19H17N5O3S. The molecule has 0 bridgehead atoms. The first kappa shape index (κ1) is 17.9. The number of H-pyrrole nitrogens is 2. The number of nitrogens with zero attached hydrogens (tertiary/aromatic N) is 2. The molecule has 4 aromatic rings. The van der Waals surface area contributed by atoms with Gasteiger partial charge >= 0.3 is 5.76 Å². The summed E-state index contributed by atoms with van der Waals surface area (Å²) in [7, 11) is 0. The molecule has 0 spiro atoms. The van der Waals surface area contributed by atoms with Crippen LogP contribution in [0.1, 0.15) is 12.0 Å². The number of nitrogens with one attached hydrogen (secondary N) is 3. The second kappa shape index (κ2) is 7.28. The van der Waals surface area contributed by atoms with Gasteiger partial charge in [-0.05, 0) is 37.3 Å². The monoisotopic (exact) mass is 395 g/mol. The van der Waals surface area contributed by atoms with Crippen molar-refractivity contribution in [2.75, 3.05) is 5.32 Å². The van der Waals surface area contributed by atoms with E-state index in [1.54, 1.807) is 22.8 Å². The maximum absolute atomic E-state index is 12.4. The van der Waals surface area contributed by atoms with E-state index >= 15 is 0 Å². The molecule has 0 fully saturated rings. The third-order valence-electron chi connectivity index (χ3n) is 4.33. The van der Waals surface area contributed by atoms with Gasteiger partial charge in [-0.25, -0.2) is 4.79 Å². The Bertz CT molecular complexity index is 1260. The number of oxazole rings is 1. The van der Waals surface area contributed by atoms with E-state index in [9.17, 15) is 9.59 Å². The summed E-state index contributed by atoms with van der Waals surface area (Å²) < 4.78 is 7.21. The molecule has 1 amide bonds. The van der Waals surface area contributed by atoms with Gasteiger partial charge in [0.1, 0.15) is 0 Å². The van der Waals surface area contributed by atoms with E-state index in [2.05, 4.69) is 20.5 Å². The van der Waals surface area contributed by atoms with Gasteiger partial charge in [0.05, 0.1) is 5.52 Å². The van der Waals surface area contributed by atoms with E-state index in [-0.39, 0.29) is 12.3 Å². The summed E-state index contributed by atoms with van der Waals surface area (Å²) in [6.07, 6.45) is 0.215. The van der Waals surface area contributed by atoms with E-state index in [1.807, 2.05) is 31.2 Å². The van der Waals surface area contributed by atoms with Crippen molar-refractivity contribution in [2.45, 2.75) is 19.9 Å². The van der Waals surface area contributed by atoms with Gasteiger partial charge in [-0.2, -0.15) is 5.10 Å². The Balaban J connectivity index is 1.47. The largest absolute Gasteiger partial charge is 0.417 e. The van der Waals surface area contributed by atoms with Crippen molar-refractivity contribution in [1.82, 2.24) is 19.7 Å². The van der Waals surface area contributed by atoms with E-state index in [0.717, 1.165) is 11.1 Å². The van der Waals surface area contributed by atoms with Crippen molar-refractivity contribution >= 4 is 34.9 Å². The molecule has 9 heteroatoms. The molecule has 4 rings (SSSR count). The van der Waals surface area contributed by atoms with Crippen LogP contribution in [0.4, 0.5) is 5.69 Å². The van der Waals surface area contributed by atoms with E-state index < -0.39 is 5.76 Å². The Morgan fingerprint density at radius 1 is 1.25 bits per heavy atom. The summed E-state index contributed by atoms with van der Waals surface area (Å²) in [5.41, 5.74) is 3.62. The van der Waals surface area contributed by atoms with Crippen LogP contribution in [-0.4, -0.2) is 25.7 Å². The van der Waals surface area contributed by atoms with Crippen LogP contribution in [0.15, 0.2) is 51.7 Å². The number of carbonyl (C=O) groups excluding carboxylic acids is 1. The average molecular weight is 395 g/mol. The number of aryl methyl sites for hydroxylation is 1. The van der Waals surface area contributed by atoms with Crippen LogP contribution in [0.25, 0.3) is 22.5 Å². The molecule has 0 radical (unpaired) electrons. The fourth-order valence-electron chi connectivity index (χ4n) is 2.91. The van der Waals surface area contributed by atoms with Crippen molar-refractivity contribution in [3.8, 4) is 11.4 Å². The van der Waals surface area contributed by atoms with Gasteiger partial charge in [0.15, 0.2) is 16.2 Å². The summed E-state index contributed by atoms with van der Waals surface area (Å²) in [5.74, 6) is -0.0187. The zero-order valence-corrected chi connectivity index (χ0v) is 15.8. The number of fused-ring (bicyclic) bond motifs is 1. The third-order valence-corrected chi connectivity index (χ3v) is 4.64. The predicted molar refractivity (Wildman–Crippen MR) is 108 cm³/mol. The number of amides is 1. The van der Waals surface area contributed by atoms with E-state index in [4.69, 9.17) is 16.6 Å². The minimum absolute atomic E-state index is 0.178. The maximum Gasteiger partial charge on any atom is 0.417 e. The van der Waals surface area contributed by atoms with Gasteiger partial charge in [0.2, 0.25) is 5.91 Å². The lowest BCUT2D eigenvalue weighted by molar-refractivity contribution is -0.116. The second-order valence-corrected chi connectivity index (χ2v) is 6.78. The van der Waals surface area contributed by atoms with Crippen molar-refractivity contribution < 1.29 is 9.21 Å². The Labute approximate surface area is 164 Å². The molecule has 142 valence electrons. The molecule has 0 aliphatic rings. The molecule has 0 saturated carbocycles. The molecule has 0 atom stereocenters. The Kier molecular flexibility index (Phi) is 4.66. The molecule has 3 N–H and O–H groups in total. The molecule has 8 nitrogen and oxygen atoms in total. The first-order valence-corrected chi connectivity index (χ1v) is 9.05. The zero-order chi connectivity index (χ0) is 19.7. The van der Waals surface area contributed by atoms with Crippen LogP contribution >= 0.6 is 12.2 Å². The van der Waals surface area contributed by atoms with Crippen LogP contribution < -0.4 is 11.1 Å². The Morgan fingerprint density at radius 2 is 2.04 bits per heavy atom. The number of rotatable bonds is 5. The molecule has 0 unspecified atom stereocenters. The van der Waals surface area contributed by atoms with Gasteiger partial charge in [-0.15, -0.1) is 0 Å². The summed E-state index contributed by atoms with van der Waals surface area (Å²) in [6, 6.07) is 12.9. The lowest BCUT2D eigenvalue weighted by atomic mass is 10.1. The highest BCUT2D eigenvalue weighted by Crippen LogP contribution is 2.19. The van der Waals surface area contributed by atoms with Gasteiger partial charge in [0, 0.05) is 24.2 Å². The van der Waals surface area contributed by atoms with Gasteiger partial charge in [0.25, 0.3) is 0 Å². The fraction of sp³-hybridized carbons (Fsp3) is 0.158. The van der Waals surface area contributed by atoms with Gasteiger partial charge in [-0.3, -0.25) is 19.4 Å². The highest BCUT2D eigenvalue weighted by Gasteiger charge is 2.11. The highest BCUT2D eigenvalue weighted by atomic mass is 32.1. The molecule has 28 heavy (non-hydrogen) atoms. The first-order chi connectivity index (χ1) is 13.5. The van der Waals surface area contributed by atoms with E-state index in [1.165, 1.54) is 0 Å². The Morgan fingerprint density at radius 3 is 2.82 bits per heavy atom. The molecule has 0 aliphatic heterocycles. The molecular weight excluding hydrogens is 378 g/mol. The molecule has 0 aliphatic carbocycles. The van der Waals surface area contributed by atoms with Crippen molar-refractivity contribution in [1.29, 1.82) is 0 Å². The Hall–Kier alpha value is -3.46. The van der Waals surface area contributed by atoms with Crippen LogP contribution in [0.3, 0.4) is 0 Å². The van der Waals surface area contributed by atoms with Crippen LogP contribution in [-0.2, 0) is 11.3 Å². The minimum atomic E-state index is -0.531. The number of benzene rings is 2. The van der Waals surface area contributed by atoms with Crippen molar-refractivity contribution in [2.24, 2.45) is 0 Å². The van der Waals surface area contributed by atoms with Crippen LogP contribution in [0, 0.1) is 11.7 Å². The number of aromatic nitrogens is 4. The number of aromatic amines is 2.